The Hall–Kier alpha value is -1.65. The molecule has 1 aromatic heterocycles. The molecule has 1 aliphatic heterocycles. The molecule has 3 rings (SSSR count). The lowest BCUT2D eigenvalue weighted by Crippen LogP contribution is -2.46. The van der Waals surface area contributed by atoms with E-state index in [4.69, 9.17) is 0 Å². The molecule has 0 radical (unpaired) electrons. The number of hydrogen-bond acceptors (Lipinski definition) is 4. The second-order valence-corrected chi connectivity index (χ2v) is 6.26. The molecular formula is C17H20N2OS. The van der Waals surface area contributed by atoms with Gasteiger partial charge in [-0.15, -0.1) is 11.3 Å². The lowest BCUT2D eigenvalue weighted by molar-refractivity contribution is 0.0966. The van der Waals surface area contributed by atoms with Crippen molar-refractivity contribution >= 4 is 22.8 Å². The first-order valence-electron chi connectivity index (χ1n) is 7.42. The molecule has 0 bridgehead atoms. The maximum absolute atomic E-state index is 12.0. The van der Waals surface area contributed by atoms with Gasteiger partial charge in [0, 0.05) is 44.8 Å². The van der Waals surface area contributed by atoms with Crippen LogP contribution in [0, 0.1) is 0 Å². The van der Waals surface area contributed by atoms with Gasteiger partial charge in [-0.1, -0.05) is 24.3 Å². The molecule has 1 aromatic carbocycles. The Morgan fingerprint density at radius 1 is 1.00 bits per heavy atom. The van der Waals surface area contributed by atoms with Crippen LogP contribution in [0.5, 0.6) is 0 Å². The third-order valence-corrected chi connectivity index (χ3v) is 4.86. The predicted molar refractivity (Wildman–Crippen MR) is 88.4 cm³/mol. The van der Waals surface area contributed by atoms with Crippen LogP contribution in [0.25, 0.3) is 0 Å². The number of carbonyl (C=O) groups is 1. The van der Waals surface area contributed by atoms with Crippen molar-refractivity contribution in [1.82, 2.24) is 4.90 Å². The fourth-order valence-corrected chi connectivity index (χ4v) is 3.38. The number of piperazine rings is 1. The molecule has 3 nitrogen and oxygen atoms in total. The number of nitrogens with zero attached hydrogens (tertiary/aromatic N) is 2. The summed E-state index contributed by atoms with van der Waals surface area (Å²) in [7, 11) is 0. The molecule has 0 N–H and O–H groups in total. The zero-order valence-corrected chi connectivity index (χ0v) is 12.9. The maximum atomic E-state index is 12.0. The third-order valence-electron chi connectivity index (χ3n) is 3.94. The van der Waals surface area contributed by atoms with Crippen LogP contribution < -0.4 is 4.90 Å². The molecule has 0 amide bonds. The Morgan fingerprint density at radius 3 is 2.43 bits per heavy atom. The van der Waals surface area contributed by atoms with Gasteiger partial charge in [0.2, 0.25) is 0 Å². The number of benzene rings is 1. The molecule has 0 atom stereocenters. The van der Waals surface area contributed by atoms with Crippen LogP contribution in [-0.4, -0.2) is 43.4 Å². The highest BCUT2D eigenvalue weighted by molar-refractivity contribution is 7.12. The first-order chi connectivity index (χ1) is 10.3. The molecule has 21 heavy (non-hydrogen) atoms. The number of thiophene rings is 1. The summed E-state index contributed by atoms with van der Waals surface area (Å²) in [6, 6.07) is 14.4. The van der Waals surface area contributed by atoms with E-state index < -0.39 is 0 Å². The maximum Gasteiger partial charge on any atom is 0.174 e. The molecule has 0 unspecified atom stereocenters. The highest BCUT2D eigenvalue weighted by atomic mass is 32.1. The predicted octanol–water partition coefficient (Wildman–Crippen LogP) is 3.14. The first-order valence-corrected chi connectivity index (χ1v) is 8.30. The highest BCUT2D eigenvalue weighted by Gasteiger charge is 2.18. The summed E-state index contributed by atoms with van der Waals surface area (Å²) in [6.07, 6.45) is 0.631. The summed E-state index contributed by atoms with van der Waals surface area (Å²) in [5.41, 5.74) is 1.30. The van der Waals surface area contributed by atoms with Crippen LogP contribution in [0.1, 0.15) is 16.1 Å². The first kappa shape index (κ1) is 14.3. The van der Waals surface area contributed by atoms with Crippen molar-refractivity contribution in [1.29, 1.82) is 0 Å². The average Bonchev–Trinajstić information content (AvgIpc) is 3.08. The van der Waals surface area contributed by atoms with Gasteiger partial charge in [-0.2, -0.15) is 0 Å². The van der Waals surface area contributed by atoms with Gasteiger partial charge >= 0.3 is 0 Å². The summed E-state index contributed by atoms with van der Waals surface area (Å²) in [4.78, 5) is 17.7. The van der Waals surface area contributed by atoms with Gasteiger partial charge < -0.3 is 4.90 Å². The van der Waals surface area contributed by atoms with Crippen LogP contribution in [-0.2, 0) is 0 Å². The average molecular weight is 300 g/mol. The van der Waals surface area contributed by atoms with E-state index in [0.29, 0.717) is 6.42 Å². The SMILES string of the molecule is O=C(CCN1CCN(c2ccccc2)CC1)c1cccs1. The quantitative estimate of drug-likeness (QED) is 0.793. The van der Waals surface area contributed by atoms with E-state index in [9.17, 15) is 4.79 Å². The van der Waals surface area contributed by atoms with E-state index in [1.54, 1.807) is 0 Å². The van der Waals surface area contributed by atoms with E-state index in [2.05, 4.69) is 40.1 Å². The van der Waals surface area contributed by atoms with Crippen LogP contribution in [0.4, 0.5) is 5.69 Å². The Bertz CT molecular complexity index is 560. The topological polar surface area (TPSA) is 23.6 Å². The Labute approximate surface area is 129 Å². The van der Waals surface area contributed by atoms with Crippen molar-refractivity contribution in [3.63, 3.8) is 0 Å². The second kappa shape index (κ2) is 6.87. The van der Waals surface area contributed by atoms with Crippen molar-refractivity contribution in [3.8, 4) is 0 Å². The van der Waals surface area contributed by atoms with Gasteiger partial charge in [-0.05, 0) is 23.6 Å². The number of ketones is 1. The van der Waals surface area contributed by atoms with E-state index >= 15 is 0 Å². The van der Waals surface area contributed by atoms with Crippen molar-refractivity contribution in [2.45, 2.75) is 6.42 Å². The largest absolute Gasteiger partial charge is 0.369 e. The number of anilines is 1. The van der Waals surface area contributed by atoms with E-state index in [1.807, 2.05) is 17.5 Å². The minimum absolute atomic E-state index is 0.274. The lowest BCUT2D eigenvalue weighted by Gasteiger charge is -2.36. The molecule has 110 valence electrons. The molecule has 1 aliphatic rings. The molecule has 0 aliphatic carbocycles. The Kier molecular flexibility index (Phi) is 4.68. The van der Waals surface area contributed by atoms with Gasteiger partial charge in [-0.25, -0.2) is 0 Å². The molecule has 0 saturated carbocycles. The lowest BCUT2D eigenvalue weighted by atomic mass is 10.2. The summed E-state index contributed by atoms with van der Waals surface area (Å²) in [5.74, 6) is 0.274. The number of Topliss-reactive ketones (excluding diaryl/α,β-unsaturated/α-hetero) is 1. The van der Waals surface area contributed by atoms with Gasteiger partial charge in [0.1, 0.15) is 0 Å². The van der Waals surface area contributed by atoms with E-state index in [1.165, 1.54) is 17.0 Å². The van der Waals surface area contributed by atoms with Gasteiger partial charge in [0.15, 0.2) is 5.78 Å². The van der Waals surface area contributed by atoms with Crippen molar-refractivity contribution in [2.24, 2.45) is 0 Å². The summed E-state index contributed by atoms with van der Waals surface area (Å²) in [6.45, 7) is 5.02. The monoisotopic (exact) mass is 300 g/mol. The zero-order valence-electron chi connectivity index (χ0n) is 12.1. The highest BCUT2D eigenvalue weighted by Crippen LogP contribution is 2.16. The molecule has 1 fully saturated rings. The van der Waals surface area contributed by atoms with Crippen molar-refractivity contribution in [2.75, 3.05) is 37.6 Å². The fourth-order valence-electron chi connectivity index (χ4n) is 2.69. The number of para-hydroxylation sites is 1. The van der Waals surface area contributed by atoms with Crippen molar-refractivity contribution in [3.05, 3.63) is 52.7 Å². The van der Waals surface area contributed by atoms with Crippen LogP contribution in [0.2, 0.25) is 0 Å². The van der Waals surface area contributed by atoms with E-state index in [0.717, 1.165) is 37.6 Å². The van der Waals surface area contributed by atoms with Crippen LogP contribution >= 0.6 is 11.3 Å². The van der Waals surface area contributed by atoms with E-state index in [-0.39, 0.29) is 5.78 Å². The van der Waals surface area contributed by atoms with Crippen LogP contribution in [0.3, 0.4) is 0 Å². The zero-order chi connectivity index (χ0) is 14.5. The van der Waals surface area contributed by atoms with Gasteiger partial charge in [0.25, 0.3) is 0 Å². The summed E-state index contributed by atoms with van der Waals surface area (Å²) in [5, 5.41) is 1.96. The van der Waals surface area contributed by atoms with Gasteiger partial charge in [-0.3, -0.25) is 9.69 Å². The molecule has 1 saturated heterocycles. The second-order valence-electron chi connectivity index (χ2n) is 5.31. The number of carbonyl (C=O) groups excluding carboxylic acids is 1. The minimum atomic E-state index is 0.274. The summed E-state index contributed by atoms with van der Waals surface area (Å²) >= 11 is 1.54. The standard InChI is InChI=1S/C17H20N2OS/c20-16(17-7-4-14-21-17)8-9-18-10-12-19(13-11-18)15-5-2-1-3-6-15/h1-7,14H,8-13H2. The molecule has 4 heteroatoms. The molecule has 0 spiro atoms. The summed E-state index contributed by atoms with van der Waals surface area (Å²) < 4.78 is 0. The minimum Gasteiger partial charge on any atom is -0.369 e. The fraction of sp³-hybridized carbons (Fsp3) is 0.353. The van der Waals surface area contributed by atoms with Crippen LogP contribution in [0.15, 0.2) is 47.8 Å². The molecular weight excluding hydrogens is 280 g/mol. The van der Waals surface area contributed by atoms with Crippen molar-refractivity contribution < 1.29 is 4.79 Å². The molecule has 2 aromatic rings. The molecule has 2 heterocycles. The number of hydrogen-bond donors (Lipinski definition) is 0. The Morgan fingerprint density at radius 2 is 1.76 bits per heavy atom. The van der Waals surface area contributed by atoms with Gasteiger partial charge in [0.05, 0.1) is 4.88 Å². The normalized spacial score (nSPS) is 16.1. The number of rotatable bonds is 5. The third kappa shape index (κ3) is 3.71. The smallest absolute Gasteiger partial charge is 0.174 e. The Balaban J connectivity index is 1.45.